The highest BCUT2D eigenvalue weighted by Crippen LogP contribution is 2.30. The quantitative estimate of drug-likeness (QED) is 0.900. The second kappa shape index (κ2) is 5.60. The molecule has 7 heteroatoms. The minimum Gasteiger partial charge on any atom is -0.481 e. The Hall–Kier alpha value is -0.920. The Kier molecular flexibility index (Phi) is 4.27. The number of thiophene rings is 1. The van der Waals surface area contributed by atoms with Crippen molar-refractivity contribution in [3.05, 3.63) is 17.0 Å². The van der Waals surface area contributed by atoms with Crippen molar-refractivity contribution < 1.29 is 18.3 Å². The Balaban J connectivity index is 2.11. The van der Waals surface area contributed by atoms with Crippen molar-refractivity contribution in [3.63, 3.8) is 0 Å². The third kappa shape index (κ3) is 3.16. The van der Waals surface area contributed by atoms with Gasteiger partial charge in [0, 0.05) is 24.4 Å². The van der Waals surface area contributed by atoms with Gasteiger partial charge in [0.05, 0.1) is 0 Å². The van der Waals surface area contributed by atoms with E-state index in [4.69, 9.17) is 5.11 Å². The summed E-state index contributed by atoms with van der Waals surface area (Å²) in [7, 11) is -3.44. The van der Waals surface area contributed by atoms with E-state index in [0.29, 0.717) is 23.7 Å². The summed E-state index contributed by atoms with van der Waals surface area (Å²) in [5.74, 6) is -0.938. The molecular formula is C12H17NO4S2. The minimum atomic E-state index is -3.44. The fraction of sp³-hybridized carbons (Fsp3) is 0.583. The number of carboxylic acids is 1. The molecule has 1 unspecified atom stereocenters. The van der Waals surface area contributed by atoms with Crippen LogP contribution < -0.4 is 0 Å². The summed E-state index contributed by atoms with van der Waals surface area (Å²) in [4.78, 5) is 11.7. The Morgan fingerprint density at radius 2 is 2.26 bits per heavy atom. The molecule has 0 radical (unpaired) electrons. The molecule has 1 aromatic heterocycles. The zero-order chi connectivity index (χ0) is 14.0. The van der Waals surface area contributed by atoms with Crippen molar-refractivity contribution in [2.45, 2.75) is 30.4 Å². The number of rotatable bonds is 5. The van der Waals surface area contributed by atoms with E-state index in [0.717, 1.165) is 11.3 Å². The van der Waals surface area contributed by atoms with Gasteiger partial charge in [-0.15, -0.1) is 11.3 Å². The molecule has 0 bridgehead atoms. The number of carboxylic acid groups (broad SMARTS) is 1. The van der Waals surface area contributed by atoms with Gasteiger partial charge in [0.2, 0.25) is 0 Å². The average molecular weight is 303 g/mol. The van der Waals surface area contributed by atoms with Gasteiger partial charge < -0.3 is 5.11 Å². The van der Waals surface area contributed by atoms with E-state index in [1.807, 2.05) is 13.0 Å². The molecule has 0 aromatic carbocycles. The van der Waals surface area contributed by atoms with Gasteiger partial charge in [0.15, 0.2) is 0 Å². The fourth-order valence-corrected chi connectivity index (χ4v) is 5.22. The van der Waals surface area contributed by atoms with Crippen molar-refractivity contribution in [1.29, 1.82) is 0 Å². The number of sulfonamides is 1. The summed E-state index contributed by atoms with van der Waals surface area (Å²) in [6.45, 7) is 2.72. The van der Waals surface area contributed by atoms with E-state index < -0.39 is 16.0 Å². The number of carbonyl (C=O) groups is 1. The van der Waals surface area contributed by atoms with E-state index in [-0.39, 0.29) is 12.3 Å². The minimum absolute atomic E-state index is 0.0384. The molecule has 19 heavy (non-hydrogen) atoms. The van der Waals surface area contributed by atoms with Crippen LogP contribution in [-0.2, 0) is 21.2 Å². The SMILES string of the molecule is CCc1ccc(S(=O)(=O)N2CCC(CC(=O)O)C2)s1. The van der Waals surface area contributed by atoms with Crippen LogP contribution in [0.4, 0.5) is 0 Å². The summed E-state index contributed by atoms with van der Waals surface area (Å²) in [6.07, 6.45) is 1.48. The van der Waals surface area contributed by atoms with Crippen LogP contribution in [0.5, 0.6) is 0 Å². The molecule has 0 amide bonds. The van der Waals surface area contributed by atoms with Gasteiger partial charge in [-0.1, -0.05) is 6.92 Å². The fourth-order valence-electron chi connectivity index (χ4n) is 2.24. The first kappa shape index (κ1) is 14.5. The number of aliphatic carboxylic acids is 1. The van der Waals surface area contributed by atoms with Crippen molar-refractivity contribution >= 4 is 27.3 Å². The maximum atomic E-state index is 12.4. The molecule has 1 atom stereocenters. The van der Waals surface area contributed by atoms with Crippen LogP contribution in [0, 0.1) is 5.92 Å². The molecule has 1 N–H and O–H groups in total. The first-order chi connectivity index (χ1) is 8.93. The maximum Gasteiger partial charge on any atom is 0.303 e. The van der Waals surface area contributed by atoms with E-state index in [2.05, 4.69) is 0 Å². The Labute approximate surface area is 116 Å². The average Bonchev–Trinajstić information content (AvgIpc) is 2.96. The van der Waals surface area contributed by atoms with Crippen molar-refractivity contribution in [2.75, 3.05) is 13.1 Å². The van der Waals surface area contributed by atoms with Gasteiger partial charge in [-0.25, -0.2) is 8.42 Å². The zero-order valence-corrected chi connectivity index (χ0v) is 12.3. The number of aryl methyl sites for hydroxylation is 1. The molecule has 1 aliphatic rings. The Morgan fingerprint density at radius 3 is 2.84 bits per heavy atom. The monoisotopic (exact) mass is 303 g/mol. The number of nitrogens with zero attached hydrogens (tertiary/aromatic N) is 1. The van der Waals surface area contributed by atoms with Crippen molar-refractivity contribution in [3.8, 4) is 0 Å². The smallest absolute Gasteiger partial charge is 0.303 e. The molecule has 1 fully saturated rings. The van der Waals surface area contributed by atoms with Crippen LogP contribution in [0.1, 0.15) is 24.6 Å². The molecule has 0 saturated carbocycles. The second-order valence-electron chi connectivity index (χ2n) is 4.69. The van der Waals surface area contributed by atoms with Gasteiger partial charge in [-0.2, -0.15) is 4.31 Å². The molecule has 2 rings (SSSR count). The summed E-state index contributed by atoms with van der Waals surface area (Å²) in [6, 6.07) is 3.48. The van der Waals surface area contributed by atoms with E-state index in [9.17, 15) is 13.2 Å². The third-order valence-electron chi connectivity index (χ3n) is 3.29. The van der Waals surface area contributed by atoms with Gasteiger partial charge in [-0.05, 0) is 30.9 Å². The first-order valence-corrected chi connectivity index (χ1v) is 8.49. The molecule has 0 aliphatic carbocycles. The molecule has 1 saturated heterocycles. The normalized spacial score (nSPS) is 20.8. The van der Waals surface area contributed by atoms with E-state index in [1.165, 1.54) is 15.6 Å². The Morgan fingerprint density at radius 1 is 1.53 bits per heavy atom. The lowest BCUT2D eigenvalue weighted by molar-refractivity contribution is -0.137. The molecular weight excluding hydrogens is 286 g/mol. The van der Waals surface area contributed by atoms with E-state index in [1.54, 1.807) is 6.07 Å². The van der Waals surface area contributed by atoms with Crippen LogP contribution in [0.2, 0.25) is 0 Å². The molecule has 5 nitrogen and oxygen atoms in total. The van der Waals surface area contributed by atoms with Crippen LogP contribution >= 0.6 is 11.3 Å². The molecule has 1 aromatic rings. The van der Waals surface area contributed by atoms with Crippen LogP contribution in [0.15, 0.2) is 16.3 Å². The first-order valence-electron chi connectivity index (χ1n) is 6.24. The lowest BCUT2D eigenvalue weighted by Gasteiger charge is -2.14. The number of hydrogen-bond donors (Lipinski definition) is 1. The highest BCUT2D eigenvalue weighted by atomic mass is 32.2. The molecule has 2 heterocycles. The molecule has 1 aliphatic heterocycles. The second-order valence-corrected chi connectivity index (χ2v) is 8.02. The van der Waals surface area contributed by atoms with Gasteiger partial charge in [0.1, 0.15) is 4.21 Å². The van der Waals surface area contributed by atoms with Gasteiger partial charge in [0.25, 0.3) is 10.0 Å². The summed E-state index contributed by atoms with van der Waals surface area (Å²) in [5, 5.41) is 8.75. The number of hydrogen-bond acceptors (Lipinski definition) is 4. The van der Waals surface area contributed by atoms with Crippen LogP contribution in [0.3, 0.4) is 0 Å². The van der Waals surface area contributed by atoms with Crippen molar-refractivity contribution in [1.82, 2.24) is 4.31 Å². The largest absolute Gasteiger partial charge is 0.481 e. The summed E-state index contributed by atoms with van der Waals surface area (Å²) >= 11 is 1.30. The molecule has 0 spiro atoms. The zero-order valence-electron chi connectivity index (χ0n) is 10.7. The van der Waals surface area contributed by atoms with Crippen molar-refractivity contribution in [2.24, 2.45) is 5.92 Å². The van der Waals surface area contributed by atoms with Crippen LogP contribution in [-0.4, -0.2) is 36.9 Å². The summed E-state index contributed by atoms with van der Waals surface area (Å²) in [5.41, 5.74) is 0. The van der Waals surface area contributed by atoms with E-state index >= 15 is 0 Å². The predicted octanol–water partition coefficient (Wildman–Crippen LogP) is 1.80. The lowest BCUT2D eigenvalue weighted by Crippen LogP contribution is -2.28. The molecule has 106 valence electrons. The standard InChI is InChI=1S/C12H17NO4S2/c1-2-10-3-4-12(18-10)19(16,17)13-6-5-9(8-13)7-11(14)15/h3-4,9H,2,5-8H2,1H3,(H,14,15). The Bertz CT molecular complexity index is 564. The summed E-state index contributed by atoms with van der Waals surface area (Å²) < 4.78 is 26.5. The highest BCUT2D eigenvalue weighted by Gasteiger charge is 2.34. The predicted molar refractivity (Wildman–Crippen MR) is 72.8 cm³/mol. The highest BCUT2D eigenvalue weighted by molar-refractivity contribution is 7.91. The van der Waals surface area contributed by atoms with Crippen LogP contribution in [0.25, 0.3) is 0 Å². The topological polar surface area (TPSA) is 74.7 Å². The maximum absolute atomic E-state index is 12.4. The van der Waals surface area contributed by atoms with Gasteiger partial charge in [-0.3, -0.25) is 4.79 Å². The lowest BCUT2D eigenvalue weighted by atomic mass is 10.1. The third-order valence-corrected chi connectivity index (χ3v) is 6.85. The van der Waals surface area contributed by atoms with Gasteiger partial charge >= 0.3 is 5.97 Å².